The number of thiophene rings is 1. The first-order chi connectivity index (χ1) is 11.3. The summed E-state index contributed by atoms with van der Waals surface area (Å²) in [6, 6.07) is 16.3. The summed E-state index contributed by atoms with van der Waals surface area (Å²) in [5, 5.41) is 11.8. The van der Waals surface area contributed by atoms with Gasteiger partial charge in [0.05, 0.1) is 4.90 Å². The van der Waals surface area contributed by atoms with Crippen LogP contribution in [0.25, 0.3) is 10.1 Å². The lowest BCUT2D eigenvalue weighted by Crippen LogP contribution is -2.38. The van der Waals surface area contributed by atoms with Gasteiger partial charge in [0.1, 0.15) is 5.60 Å². The number of halogens is 1. The van der Waals surface area contributed by atoms with Crippen molar-refractivity contribution in [1.82, 2.24) is 4.72 Å². The van der Waals surface area contributed by atoms with Gasteiger partial charge in [-0.3, -0.25) is 0 Å². The topological polar surface area (TPSA) is 66.4 Å². The molecule has 24 heavy (non-hydrogen) atoms. The zero-order valence-electron chi connectivity index (χ0n) is 12.9. The largest absolute Gasteiger partial charge is 0.383 e. The molecule has 0 amide bonds. The summed E-state index contributed by atoms with van der Waals surface area (Å²) in [6.45, 7) is 1.50. The molecule has 0 spiro atoms. The summed E-state index contributed by atoms with van der Waals surface area (Å²) in [5.74, 6) is 0. The van der Waals surface area contributed by atoms with Crippen LogP contribution in [0, 0.1) is 0 Å². The molecule has 0 aliphatic rings. The normalized spacial score (nSPS) is 14.6. The van der Waals surface area contributed by atoms with Gasteiger partial charge in [0.15, 0.2) is 0 Å². The number of hydrogen-bond donors (Lipinski definition) is 2. The van der Waals surface area contributed by atoms with Crippen LogP contribution >= 0.6 is 27.3 Å². The van der Waals surface area contributed by atoms with E-state index in [1.54, 1.807) is 25.1 Å². The molecule has 4 nitrogen and oxygen atoms in total. The molecule has 1 heterocycles. The van der Waals surface area contributed by atoms with Crippen molar-refractivity contribution in [2.75, 3.05) is 6.54 Å². The van der Waals surface area contributed by atoms with E-state index in [9.17, 15) is 13.5 Å². The molecule has 3 aromatic rings. The molecule has 1 aromatic heterocycles. The van der Waals surface area contributed by atoms with Gasteiger partial charge < -0.3 is 5.11 Å². The third-order valence-electron chi connectivity index (χ3n) is 3.69. The highest BCUT2D eigenvalue weighted by molar-refractivity contribution is 9.10. The van der Waals surface area contributed by atoms with Crippen LogP contribution in [-0.2, 0) is 15.6 Å². The third kappa shape index (κ3) is 3.55. The van der Waals surface area contributed by atoms with Gasteiger partial charge in [0.2, 0.25) is 10.0 Å². The fourth-order valence-electron chi connectivity index (χ4n) is 2.31. The minimum Gasteiger partial charge on any atom is -0.383 e. The molecule has 3 rings (SSSR count). The molecule has 2 N–H and O–H groups in total. The van der Waals surface area contributed by atoms with Crippen molar-refractivity contribution in [3.05, 3.63) is 63.9 Å². The van der Waals surface area contributed by atoms with Crippen molar-refractivity contribution in [3.8, 4) is 0 Å². The smallest absolute Gasteiger partial charge is 0.241 e. The average Bonchev–Trinajstić information content (AvgIpc) is 2.98. The maximum atomic E-state index is 12.5. The SMILES string of the molecule is C[C@@](O)(CNS(=O)(=O)c1ccccc1Br)c1cc2ccccc2s1. The Labute approximate surface area is 153 Å². The number of rotatable bonds is 5. The fraction of sp³-hybridized carbons (Fsp3) is 0.176. The van der Waals surface area contributed by atoms with Crippen LogP contribution in [0.1, 0.15) is 11.8 Å². The molecular formula is C17H16BrNO3S2. The highest BCUT2D eigenvalue weighted by atomic mass is 79.9. The summed E-state index contributed by atoms with van der Waals surface area (Å²) in [6.07, 6.45) is 0. The maximum Gasteiger partial charge on any atom is 0.241 e. The van der Waals surface area contributed by atoms with Crippen molar-refractivity contribution in [2.24, 2.45) is 0 Å². The van der Waals surface area contributed by atoms with Crippen LogP contribution in [0.5, 0.6) is 0 Å². The standard InChI is InChI=1S/C17H16BrNO3S2/c1-17(20,16-10-12-6-2-4-8-14(12)23-16)11-19-24(21,22)15-9-5-3-7-13(15)18/h2-10,19-20H,11H2,1H3/t17-/m1/s1. The van der Waals surface area contributed by atoms with Gasteiger partial charge in [-0.1, -0.05) is 30.3 Å². The molecule has 7 heteroatoms. The van der Waals surface area contributed by atoms with Crippen LogP contribution in [0.3, 0.4) is 0 Å². The Balaban J connectivity index is 1.83. The Morgan fingerprint density at radius 3 is 2.54 bits per heavy atom. The van der Waals surface area contributed by atoms with Crippen molar-refractivity contribution in [3.63, 3.8) is 0 Å². The van der Waals surface area contributed by atoms with Gasteiger partial charge in [-0.2, -0.15) is 0 Å². The van der Waals surface area contributed by atoms with E-state index in [0.29, 0.717) is 4.47 Å². The first-order valence-corrected chi connectivity index (χ1v) is 10.3. The molecule has 0 saturated carbocycles. The Hall–Kier alpha value is -1.25. The van der Waals surface area contributed by atoms with Crippen LogP contribution in [-0.4, -0.2) is 20.1 Å². The maximum absolute atomic E-state index is 12.5. The van der Waals surface area contributed by atoms with Crippen LogP contribution in [0.15, 0.2) is 64.0 Å². The minimum absolute atomic E-state index is 0.108. The molecule has 0 saturated heterocycles. The van der Waals surface area contributed by atoms with E-state index in [0.717, 1.165) is 15.0 Å². The van der Waals surface area contributed by atoms with Crippen molar-refractivity contribution < 1.29 is 13.5 Å². The molecule has 0 bridgehead atoms. The van der Waals surface area contributed by atoms with Gasteiger partial charge in [-0.05, 0) is 52.5 Å². The monoisotopic (exact) mass is 425 g/mol. The second-order valence-electron chi connectivity index (χ2n) is 5.68. The highest BCUT2D eigenvalue weighted by Gasteiger charge is 2.28. The van der Waals surface area contributed by atoms with Crippen LogP contribution in [0.4, 0.5) is 0 Å². The third-order valence-corrected chi connectivity index (χ3v) is 7.47. The van der Waals surface area contributed by atoms with Crippen LogP contribution < -0.4 is 4.72 Å². The van der Waals surface area contributed by atoms with Crippen LogP contribution in [0.2, 0.25) is 0 Å². The molecule has 0 radical (unpaired) electrons. The molecule has 0 aliphatic heterocycles. The Morgan fingerprint density at radius 1 is 1.17 bits per heavy atom. The zero-order valence-corrected chi connectivity index (χ0v) is 16.1. The summed E-state index contributed by atoms with van der Waals surface area (Å²) in [4.78, 5) is 0.871. The second kappa shape index (κ2) is 6.57. The van der Waals surface area contributed by atoms with E-state index in [-0.39, 0.29) is 11.4 Å². The number of aliphatic hydroxyl groups is 1. The Kier molecular flexibility index (Phi) is 4.81. The predicted molar refractivity (Wildman–Crippen MR) is 101 cm³/mol. The molecule has 0 unspecified atom stereocenters. The summed E-state index contributed by atoms with van der Waals surface area (Å²) in [5.41, 5.74) is -1.29. The van der Waals surface area contributed by atoms with Gasteiger partial charge in [0.25, 0.3) is 0 Å². The van der Waals surface area contributed by atoms with Gasteiger partial charge in [0, 0.05) is 20.6 Å². The summed E-state index contributed by atoms with van der Waals surface area (Å²) >= 11 is 4.70. The molecule has 1 atom stereocenters. The number of hydrogen-bond acceptors (Lipinski definition) is 4. The molecule has 126 valence electrons. The number of nitrogens with one attached hydrogen (secondary N) is 1. The zero-order chi connectivity index (χ0) is 17.4. The Bertz CT molecular complexity index is 947. The quantitative estimate of drug-likeness (QED) is 0.652. The van der Waals surface area contributed by atoms with Gasteiger partial charge in [-0.25, -0.2) is 13.1 Å². The fourth-order valence-corrected chi connectivity index (χ4v) is 5.55. The summed E-state index contributed by atoms with van der Waals surface area (Å²) in [7, 11) is -3.71. The number of benzene rings is 2. The number of sulfonamides is 1. The van der Waals surface area contributed by atoms with E-state index in [1.807, 2.05) is 30.3 Å². The van der Waals surface area contributed by atoms with Gasteiger partial charge in [-0.15, -0.1) is 11.3 Å². The first-order valence-electron chi connectivity index (χ1n) is 7.25. The van der Waals surface area contributed by atoms with Crippen molar-refractivity contribution in [2.45, 2.75) is 17.4 Å². The minimum atomic E-state index is -3.71. The van der Waals surface area contributed by atoms with E-state index in [1.165, 1.54) is 17.4 Å². The van der Waals surface area contributed by atoms with Crippen molar-refractivity contribution in [1.29, 1.82) is 0 Å². The lowest BCUT2D eigenvalue weighted by atomic mass is 10.1. The predicted octanol–water partition coefficient (Wildman–Crippen LogP) is 3.85. The van der Waals surface area contributed by atoms with Crippen molar-refractivity contribution >= 4 is 47.4 Å². The Morgan fingerprint density at radius 2 is 1.83 bits per heavy atom. The number of fused-ring (bicyclic) bond motifs is 1. The summed E-state index contributed by atoms with van der Waals surface area (Å²) < 4.78 is 28.9. The molecule has 0 aliphatic carbocycles. The highest BCUT2D eigenvalue weighted by Crippen LogP contribution is 2.33. The van der Waals surface area contributed by atoms with E-state index >= 15 is 0 Å². The molecule has 0 fully saturated rings. The van der Waals surface area contributed by atoms with Gasteiger partial charge >= 0.3 is 0 Å². The average molecular weight is 426 g/mol. The lowest BCUT2D eigenvalue weighted by molar-refractivity contribution is 0.0666. The first kappa shape index (κ1) is 17.6. The van der Waals surface area contributed by atoms with E-state index in [4.69, 9.17) is 0 Å². The second-order valence-corrected chi connectivity index (χ2v) is 9.35. The lowest BCUT2D eigenvalue weighted by Gasteiger charge is -2.22. The molecule has 2 aromatic carbocycles. The van der Waals surface area contributed by atoms with E-state index < -0.39 is 15.6 Å². The molecular weight excluding hydrogens is 410 g/mol. The van der Waals surface area contributed by atoms with E-state index in [2.05, 4.69) is 20.7 Å².